The summed E-state index contributed by atoms with van der Waals surface area (Å²) in [5, 5.41) is 5.74. The Morgan fingerprint density at radius 2 is 1.94 bits per heavy atom. The van der Waals surface area contributed by atoms with Crippen LogP contribution in [-0.2, 0) is 11.3 Å². The molecule has 1 aliphatic heterocycles. The Bertz CT molecular complexity index is 1120. The van der Waals surface area contributed by atoms with E-state index in [1.807, 2.05) is 42.2 Å². The maximum absolute atomic E-state index is 13.1. The zero-order chi connectivity index (χ0) is 22.8. The van der Waals surface area contributed by atoms with Gasteiger partial charge in [0.15, 0.2) is 0 Å². The first kappa shape index (κ1) is 22.4. The minimum Gasteiger partial charge on any atom is -0.495 e. The fraction of sp³-hybridized carbons (Fsp3) is 0.348. The molecule has 0 aliphatic carbocycles. The van der Waals surface area contributed by atoms with E-state index < -0.39 is 0 Å². The molecule has 2 aromatic heterocycles. The van der Waals surface area contributed by atoms with E-state index in [1.165, 1.54) is 0 Å². The van der Waals surface area contributed by atoms with Crippen LogP contribution < -0.4 is 9.64 Å². The number of pyridine rings is 1. The molecule has 0 saturated carbocycles. The molecule has 1 unspecified atom stereocenters. The van der Waals surface area contributed by atoms with E-state index in [1.54, 1.807) is 24.2 Å². The largest absolute Gasteiger partial charge is 0.495 e. The highest BCUT2D eigenvalue weighted by atomic mass is 35.5. The number of piperazine rings is 1. The molecule has 1 aromatic carbocycles. The van der Waals surface area contributed by atoms with Gasteiger partial charge in [0, 0.05) is 55.4 Å². The first-order valence-electron chi connectivity index (χ1n) is 10.4. The third-order valence-corrected chi connectivity index (χ3v) is 6.58. The second-order valence-electron chi connectivity index (χ2n) is 7.84. The number of hydrogen-bond donors (Lipinski definition) is 0. The summed E-state index contributed by atoms with van der Waals surface area (Å²) in [5.41, 5.74) is 3.34. The molecule has 168 valence electrons. The molecule has 1 atom stereocenters. The molecular weight excluding hydrogens is 449 g/mol. The highest BCUT2D eigenvalue weighted by molar-refractivity contribution is 6.33. The number of carbonyl (C=O) groups excluding carboxylic acids is 1. The van der Waals surface area contributed by atoms with Gasteiger partial charge in [-0.1, -0.05) is 23.2 Å². The summed E-state index contributed by atoms with van der Waals surface area (Å²) in [6.07, 6.45) is 3.39. The van der Waals surface area contributed by atoms with Crippen molar-refractivity contribution < 1.29 is 9.53 Å². The average molecular weight is 474 g/mol. The summed E-state index contributed by atoms with van der Waals surface area (Å²) in [5.74, 6) is 0.667. The third-order valence-electron chi connectivity index (χ3n) is 5.82. The van der Waals surface area contributed by atoms with Crippen molar-refractivity contribution in [2.24, 2.45) is 0 Å². The van der Waals surface area contributed by atoms with Gasteiger partial charge in [-0.2, -0.15) is 5.10 Å². The molecule has 4 rings (SSSR count). The number of methoxy groups -OCH3 is 1. The van der Waals surface area contributed by atoms with Crippen molar-refractivity contribution in [2.75, 3.05) is 31.6 Å². The molecule has 0 spiro atoms. The Morgan fingerprint density at radius 3 is 2.62 bits per heavy atom. The predicted octanol–water partition coefficient (Wildman–Crippen LogP) is 4.31. The SMILES string of the molecule is COc1cc(N2CCN(C(=O)Cn3nc(-c4ccncc4)c(Cl)c3C)C(C)C2)ccc1Cl. The summed E-state index contributed by atoms with van der Waals surface area (Å²) >= 11 is 12.7. The molecule has 7 nitrogen and oxygen atoms in total. The van der Waals surface area contributed by atoms with E-state index in [-0.39, 0.29) is 18.5 Å². The smallest absolute Gasteiger partial charge is 0.244 e. The second kappa shape index (κ2) is 9.38. The van der Waals surface area contributed by atoms with E-state index in [0.29, 0.717) is 28.0 Å². The predicted molar refractivity (Wildman–Crippen MR) is 127 cm³/mol. The van der Waals surface area contributed by atoms with Gasteiger partial charge in [-0.05, 0) is 38.1 Å². The molecule has 1 fully saturated rings. The van der Waals surface area contributed by atoms with Crippen LogP contribution in [-0.4, -0.2) is 58.4 Å². The summed E-state index contributed by atoms with van der Waals surface area (Å²) < 4.78 is 7.02. The standard InChI is InChI=1S/C23H25Cl2N5O2/c1-15-13-28(18-4-5-19(24)20(12-18)32-3)10-11-29(15)21(31)14-30-16(2)22(25)23(27-30)17-6-8-26-9-7-17/h4-9,12,15H,10-11,13-14H2,1-3H3. The van der Waals surface area contributed by atoms with Crippen molar-refractivity contribution in [3.63, 3.8) is 0 Å². The molecular formula is C23H25Cl2N5O2. The highest BCUT2D eigenvalue weighted by Gasteiger charge is 2.29. The van der Waals surface area contributed by atoms with Crippen LogP contribution in [0.5, 0.6) is 5.75 Å². The third kappa shape index (κ3) is 4.40. The van der Waals surface area contributed by atoms with E-state index >= 15 is 0 Å². The molecule has 32 heavy (non-hydrogen) atoms. The van der Waals surface area contributed by atoms with Gasteiger partial charge < -0.3 is 14.5 Å². The fourth-order valence-corrected chi connectivity index (χ4v) is 4.44. The molecule has 3 aromatic rings. The Labute approximate surface area is 197 Å². The fourth-order valence-electron chi connectivity index (χ4n) is 4.00. The van der Waals surface area contributed by atoms with Crippen LogP contribution >= 0.6 is 23.2 Å². The number of nitrogens with zero attached hydrogens (tertiary/aromatic N) is 5. The van der Waals surface area contributed by atoms with Crippen molar-refractivity contribution in [3.8, 4) is 17.0 Å². The number of benzene rings is 1. The zero-order valence-corrected chi connectivity index (χ0v) is 19.8. The Morgan fingerprint density at radius 1 is 1.19 bits per heavy atom. The number of aromatic nitrogens is 3. The highest BCUT2D eigenvalue weighted by Crippen LogP contribution is 2.31. The number of halogens is 2. The molecule has 9 heteroatoms. The zero-order valence-electron chi connectivity index (χ0n) is 18.3. The molecule has 0 radical (unpaired) electrons. The average Bonchev–Trinajstić information content (AvgIpc) is 3.08. The van der Waals surface area contributed by atoms with Crippen LogP contribution in [0.25, 0.3) is 11.3 Å². The normalized spacial score (nSPS) is 16.3. The second-order valence-corrected chi connectivity index (χ2v) is 8.63. The minimum absolute atomic E-state index is 0.0226. The van der Waals surface area contributed by atoms with Gasteiger partial charge in [0.05, 0.1) is 22.8 Å². The van der Waals surface area contributed by atoms with Crippen LogP contribution in [0.3, 0.4) is 0 Å². The maximum Gasteiger partial charge on any atom is 0.244 e. The topological polar surface area (TPSA) is 63.5 Å². The van der Waals surface area contributed by atoms with E-state index in [2.05, 4.69) is 21.9 Å². The van der Waals surface area contributed by atoms with Crippen LogP contribution in [0.2, 0.25) is 10.0 Å². The number of rotatable bonds is 5. The monoisotopic (exact) mass is 473 g/mol. The van der Waals surface area contributed by atoms with Crippen molar-refractivity contribution in [1.29, 1.82) is 0 Å². The van der Waals surface area contributed by atoms with Crippen molar-refractivity contribution in [1.82, 2.24) is 19.7 Å². The van der Waals surface area contributed by atoms with Crippen molar-refractivity contribution in [3.05, 3.63) is 58.5 Å². The molecule has 0 bridgehead atoms. The lowest BCUT2D eigenvalue weighted by Gasteiger charge is -2.41. The quantitative estimate of drug-likeness (QED) is 0.552. The number of carbonyl (C=O) groups is 1. The summed E-state index contributed by atoms with van der Waals surface area (Å²) in [7, 11) is 1.61. The van der Waals surface area contributed by atoms with E-state index in [4.69, 9.17) is 27.9 Å². The summed E-state index contributed by atoms with van der Waals surface area (Å²) in [4.78, 5) is 21.3. The van der Waals surface area contributed by atoms with Gasteiger partial charge in [0.1, 0.15) is 18.0 Å². The van der Waals surface area contributed by atoms with Crippen LogP contribution in [0.15, 0.2) is 42.7 Å². The van der Waals surface area contributed by atoms with Crippen LogP contribution in [0.1, 0.15) is 12.6 Å². The van der Waals surface area contributed by atoms with Gasteiger partial charge >= 0.3 is 0 Å². The number of anilines is 1. The number of ether oxygens (including phenoxy) is 1. The van der Waals surface area contributed by atoms with Gasteiger partial charge in [-0.15, -0.1) is 0 Å². The molecule has 0 N–H and O–H groups in total. The van der Waals surface area contributed by atoms with Crippen molar-refractivity contribution in [2.45, 2.75) is 26.4 Å². The first-order valence-corrected chi connectivity index (χ1v) is 11.2. The lowest BCUT2D eigenvalue weighted by Crippen LogP contribution is -2.54. The molecule has 1 amide bonds. The first-order chi connectivity index (χ1) is 15.4. The van der Waals surface area contributed by atoms with Crippen LogP contribution in [0, 0.1) is 6.92 Å². The van der Waals surface area contributed by atoms with Gasteiger partial charge in [0.25, 0.3) is 0 Å². The van der Waals surface area contributed by atoms with E-state index in [0.717, 1.165) is 30.0 Å². The minimum atomic E-state index is 0.0226. The Kier molecular flexibility index (Phi) is 6.58. The van der Waals surface area contributed by atoms with Gasteiger partial charge in [-0.3, -0.25) is 14.5 Å². The molecule has 1 aliphatic rings. The van der Waals surface area contributed by atoms with E-state index in [9.17, 15) is 4.79 Å². The molecule has 3 heterocycles. The van der Waals surface area contributed by atoms with Crippen LogP contribution in [0.4, 0.5) is 5.69 Å². The van der Waals surface area contributed by atoms with Crippen molar-refractivity contribution >= 4 is 34.8 Å². The van der Waals surface area contributed by atoms with Gasteiger partial charge in [0.2, 0.25) is 5.91 Å². The summed E-state index contributed by atoms with van der Waals surface area (Å²) in [6.45, 7) is 6.15. The lowest BCUT2D eigenvalue weighted by atomic mass is 10.1. The summed E-state index contributed by atoms with van der Waals surface area (Å²) in [6, 6.07) is 9.50. The maximum atomic E-state index is 13.1. The molecule has 1 saturated heterocycles. The number of hydrogen-bond acceptors (Lipinski definition) is 5. The number of amides is 1. The Hall–Kier alpha value is -2.77. The van der Waals surface area contributed by atoms with Gasteiger partial charge in [-0.25, -0.2) is 0 Å². The Balaban J connectivity index is 1.45. The lowest BCUT2D eigenvalue weighted by molar-refractivity contribution is -0.134.